The number of unbranched alkanes of at least 4 members (excludes halogenated alkanes) is 1. The molecule has 0 radical (unpaired) electrons. The second kappa shape index (κ2) is 6.85. The first kappa shape index (κ1) is 14.3. The molecule has 0 saturated carbocycles. The summed E-state index contributed by atoms with van der Waals surface area (Å²) in [5.41, 5.74) is 1.52. The van der Waals surface area contributed by atoms with E-state index in [4.69, 9.17) is 4.74 Å². The summed E-state index contributed by atoms with van der Waals surface area (Å²) in [5.74, 6) is 0.477. The standard InChI is InChI=1S/C17H17FO2/c1-2-3-4-13-5-7-16(8-6-13)20-17-10-14(12-19)9-15(18)11-17/h5-12H,2-4H2,1H3. The molecule has 0 heterocycles. The van der Waals surface area contributed by atoms with E-state index >= 15 is 0 Å². The summed E-state index contributed by atoms with van der Waals surface area (Å²) >= 11 is 0. The van der Waals surface area contributed by atoms with Gasteiger partial charge in [0.2, 0.25) is 0 Å². The van der Waals surface area contributed by atoms with Crippen LogP contribution in [0.5, 0.6) is 11.5 Å². The summed E-state index contributed by atoms with van der Waals surface area (Å²) in [6.07, 6.45) is 3.97. The molecule has 0 N–H and O–H groups in total. The van der Waals surface area contributed by atoms with Gasteiger partial charge in [-0.15, -0.1) is 0 Å². The first-order valence-corrected chi connectivity index (χ1v) is 6.74. The molecule has 2 aromatic rings. The van der Waals surface area contributed by atoms with Crippen LogP contribution in [0.2, 0.25) is 0 Å². The number of aryl methyl sites for hydroxylation is 1. The first-order valence-electron chi connectivity index (χ1n) is 6.74. The highest BCUT2D eigenvalue weighted by molar-refractivity contribution is 5.75. The van der Waals surface area contributed by atoms with Crippen molar-refractivity contribution in [3.8, 4) is 11.5 Å². The minimum atomic E-state index is -0.482. The Labute approximate surface area is 118 Å². The van der Waals surface area contributed by atoms with Gasteiger partial charge < -0.3 is 4.74 Å². The van der Waals surface area contributed by atoms with Crippen LogP contribution in [0, 0.1) is 5.82 Å². The lowest BCUT2D eigenvalue weighted by Gasteiger charge is -2.07. The molecule has 104 valence electrons. The van der Waals surface area contributed by atoms with Crippen molar-refractivity contribution in [1.29, 1.82) is 0 Å². The van der Waals surface area contributed by atoms with Crippen molar-refractivity contribution >= 4 is 6.29 Å². The molecule has 0 bridgehead atoms. The zero-order chi connectivity index (χ0) is 14.4. The Morgan fingerprint density at radius 2 is 1.85 bits per heavy atom. The number of halogens is 1. The second-order valence-corrected chi connectivity index (χ2v) is 4.69. The largest absolute Gasteiger partial charge is 0.457 e. The van der Waals surface area contributed by atoms with Crippen LogP contribution in [0.4, 0.5) is 4.39 Å². The number of rotatable bonds is 6. The molecule has 20 heavy (non-hydrogen) atoms. The molecule has 0 unspecified atom stereocenters. The third-order valence-corrected chi connectivity index (χ3v) is 3.01. The van der Waals surface area contributed by atoms with Crippen molar-refractivity contribution in [3.63, 3.8) is 0 Å². The maximum Gasteiger partial charge on any atom is 0.150 e. The van der Waals surface area contributed by atoms with Crippen LogP contribution in [0.1, 0.15) is 35.7 Å². The number of hydrogen-bond donors (Lipinski definition) is 0. The quantitative estimate of drug-likeness (QED) is 0.708. The molecule has 0 fully saturated rings. The number of carbonyl (C=O) groups excluding carboxylic acids is 1. The predicted octanol–water partition coefficient (Wildman–Crippen LogP) is 4.77. The first-order chi connectivity index (χ1) is 9.71. The average Bonchev–Trinajstić information content (AvgIpc) is 2.46. The predicted molar refractivity (Wildman–Crippen MR) is 76.9 cm³/mol. The summed E-state index contributed by atoms with van der Waals surface area (Å²) in [5, 5.41) is 0. The molecule has 0 aromatic heterocycles. The van der Waals surface area contributed by atoms with E-state index in [1.54, 1.807) is 0 Å². The van der Waals surface area contributed by atoms with E-state index in [9.17, 15) is 9.18 Å². The van der Waals surface area contributed by atoms with E-state index in [2.05, 4.69) is 6.92 Å². The summed E-state index contributed by atoms with van der Waals surface area (Å²) in [7, 11) is 0. The molecule has 2 aromatic carbocycles. The van der Waals surface area contributed by atoms with Gasteiger partial charge >= 0.3 is 0 Å². The van der Waals surface area contributed by atoms with Gasteiger partial charge in [0, 0.05) is 11.6 Å². The second-order valence-electron chi connectivity index (χ2n) is 4.69. The van der Waals surface area contributed by atoms with Crippen LogP contribution in [-0.2, 0) is 6.42 Å². The molecule has 0 saturated heterocycles. The van der Waals surface area contributed by atoms with Gasteiger partial charge in [-0.05, 0) is 42.7 Å². The van der Waals surface area contributed by atoms with Crippen molar-refractivity contribution < 1.29 is 13.9 Å². The fourth-order valence-electron chi connectivity index (χ4n) is 1.95. The van der Waals surface area contributed by atoms with Crippen molar-refractivity contribution in [1.82, 2.24) is 0 Å². The Kier molecular flexibility index (Phi) is 4.88. The lowest BCUT2D eigenvalue weighted by Crippen LogP contribution is -1.90. The smallest absolute Gasteiger partial charge is 0.150 e. The van der Waals surface area contributed by atoms with E-state index in [-0.39, 0.29) is 5.56 Å². The number of ether oxygens (including phenoxy) is 1. The highest BCUT2D eigenvalue weighted by Crippen LogP contribution is 2.24. The highest BCUT2D eigenvalue weighted by atomic mass is 19.1. The normalized spacial score (nSPS) is 10.3. The highest BCUT2D eigenvalue weighted by Gasteiger charge is 2.03. The van der Waals surface area contributed by atoms with E-state index in [0.29, 0.717) is 17.8 Å². The lowest BCUT2D eigenvalue weighted by molar-refractivity contribution is 0.112. The van der Waals surface area contributed by atoms with Gasteiger partial charge in [0.15, 0.2) is 0 Å². The molecule has 0 atom stereocenters. The zero-order valence-corrected chi connectivity index (χ0v) is 11.4. The molecular weight excluding hydrogens is 255 g/mol. The summed E-state index contributed by atoms with van der Waals surface area (Å²) in [4.78, 5) is 10.7. The van der Waals surface area contributed by atoms with Gasteiger partial charge in [0.05, 0.1) is 0 Å². The minimum Gasteiger partial charge on any atom is -0.457 e. The van der Waals surface area contributed by atoms with Crippen molar-refractivity contribution in [3.05, 3.63) is 59.4 Å². The van der Waals surface area contributed by atoms with Crippen LogP contribution in [0.25, 0.3) is 0 Å². The van der Waals surface area contributed by atoms with E-state index in [1.165, 1.54) is 23.8 Å². The Morgan fingerprint density at radius 3 is 2.50 bits per heavy atom. The summed E-state index contributed by atoms with van der Waals surface area (Å²) in [6, 6.07) is 11.7. The van der Waals surface area contributed by atoms with Gasteiger partial charge in [-0.2, -0.15) is 0 Å². The van der Waals surface area contributed by atoms with Crippen molar-refractivity contribution in [2.24, 2.45) is 0 Å². The molecular formula is C17H17FO2. The molecule has 2 nitrogen and oxygen atoms in total. The maximum atomic E-state index is 13.3. The van der Waals surface area contributed by atoms with Crippen LogP contribution in [-0.4, -0.2) is 6.29 Å². The SMILES string of the molecule is CCCCc1ccc(Oc2cc(F)cc(C=O)c2)cc1. The summed E-state index contributed by atoms with van der Waals surface area (Å²) < 4.78 is 18.8. The third-order valence-electron chi connectivity index (χ3n) is 3.01. The molecule has 0 aliphatic heterocycles. The number of carbonyl (C=O) groups is 1. The van der Waals surface area contributed by atoms with Gasteiger partial charge in [-0.1, -0.05) is 25.5 Å². The Hall–Kier alpha value is -2.16. The molecule has 0 spiro atoms. The van der Waals surface area contributed by atoms with E-state index in [0.717, 1.165) is 19.3 Å². The van der Waals surface area contributed by atoms with Gasteiger partial charge in [0.25, 0.3) is 0 Å². The van der Waals surface area contributed by atoms with Crippen LogP contribution in [0.15, 0.2) is 42.5 Å². The monoisotopic (exact) mass is 272 g/mol. The summed E-state index contributed by atoms with van der Waals surface area (Å²) in [6.45, 7) is 2.16. The third kappa shape index (κ3) is 3.92. The fraction of sp³-hybridized carbons (Fsp3) is 0.235. The molecule has 0 amide bonds. The molecule has 3 heteroatoms. The fourth-order valence-corrected chi connectivity index (χ4v) is 1.95. The zero-order valence-electron chi connectivity index (χ0n) is 11.4. The van der Waals surface area contributed by atoms with E-state index < -0.39 is 5.82 Å². The van der Waals surface area contributed by atoms with Crippen LogP contribution >= 0.6 is 0 Å². The number of benzene rings is 2. The number of hydrogen-bond acceptors (Lipinski definition) is 2. The van der Waals surface area contributed by atoms with Gasteiger partial charge in [-0.25, -0.2) is 4.39 Å². The Bertz CT molecular complexity index is 576. The van der Waals surface area contributed by atoms with Gasteiger partial charge in [0.1, 0.15) is 23.6 Å². The molecule has 2 rings (SSSR count). The van der Waals surface area contributed by atoms with Crippen LogP contribution < -0.4 is 4.74 Å². The maximum absolute atomic E-state index is 13.3. The van der Waals surface area contributed by atoms with Crippen molar-refractivity contribution in [2.75, 3.05) is 0 Å². The molecule has 0 aliphatic carbocycles. The van der Waals surface area contributed by atoms with Gasteiger partial charge in [-0.3, -0.25) is 4.79 Å². The topological polar surface area (TPSA) is 26.3 Å². The Balaban J connectivity index is 2.09. The van der Waals surface area contributed by atoms with E-state index in [1.807, 2.05) is 24.3 Å². The molecule has 0 aliphatic rings. The van der Waals surface area contributed by atoms with Crippen LogP contribution in [0.3, 0.4) is 0 Å². The number of aldehydes is 1. The average molecular weight is 272 g/mol. The minimum absolute atomic E-state index is 0.263. The van der Waals surface area contributed by atoms with Crippen molar-refractivity contribution in [2.45, 2.75) is 26.2 Å². The Morgan fingerprint density at radius 1 is 1.10 bits per heavy atom. The lowest BCUT2D eigenvalue weighted by atomic mass is 10.1.